The maximum atomic E-state index is 6.12. The highest BCUT2D eigenvalue weighted by molar-refractivity contribution is 6.30. The molecule has 0 aliphatic carbocycles. The molecule has 0 radical (unpaired) electrons. The van der Waals surface area contributed by atoms with E-state index in [9.17, 15) is 0 Å². The first-order valence-electron chi connectivity index (χ1n) is 9.36. The van der Waals surface area contributed by atoms with E-state index in [0.717, 1.165) is 51.0 Å². The average Bonchev–Trinajstić information content (AvgIpc) is 2.70. The fourth-order valence-corrected chi connectivity index (χ4v) is 2.88. The molecule has 0 bridgehead atoms. The van der Waals surface area contributed by atoms with Crippen molar-refractivity contribution in [2.24, 2.45) is 4.99 Å². The second-order valence-electron chi connectivity index (χ2n) is 6.86. The van der Waals surface area contributed by atoms with E-state index >= 15 is 0 Å². The Morgan fingerprint density at radius 2 is 1.54 bits per heavy atom. The molecule has 0 aliphatic heterocycles. The minimum absolute atomic E-state index is 0.740. The SMILES string of the molecule is CCN(C)/C=N\c1cc(C)c(Oc2ccc(-c3ccc(Cl)cc3)cc2)cc1C. The lowest BCUT2D eigenvalue weighted by molar-refractivity contribution is 0.478. The minimum atomic E-state index is 0.740. The molecule has 0 saturated carbocycles. The Bertz CT molecular complexity index is 963. The molecule has 0 saturated heterocycles. The summed E-state index contributed by atoms with van der Waals surface area (Å²) in [6.45, 7) is 7.11. The van der Waals surface area contributed by atoms with Crippen molar-refractivity contribution in [3.8, 4) is 22.6 Å². The summed E-state index contributed by atoms with van der Waals surface area (Å²) < 4.78 is 6.12. The molecule has 0 atom stereocenters. The van der Waals surface area contributed by atoms with Gasteiger partial charge in [-0.1, -0.05) is 35.9 Å². The van der Waals surface area contributed by atoms with Crippen LogP contribution in [-0.2, 0) is 0 Å². The second-order valence-corrected chi connectivity index (χ2v) is 7.29. The van der Waals surface area contributed by atoms with Crippen molar-refractivity contribution in [1.29, 1.82) is 0 Å². The number of hydrogen-bond acceptors (Lipinski definition) is 2. The predicted octanol–water partition coefficient (Wildman–Crippen LogP) is 7.03. The van der Waals surface area contributed by atoms with E-state index in [0.29, 0.717) is 0 Å². The van der Waals surface area contributed by atoms with Gasteiger partial charge in [0.25, 0.3) is 0 Å². The Morgan fingerprint density at radius 3 is 2.14 bits per heavy atom. The topological polar surface area (TPSA) is 24.8 Å². The van der Waals surface area contributed by atoms with Crippen LogP contribution in [-0.4, -0.2) is 24.8 Å². The van der Waals surface area contributed by atoms with Crippen LogP contribution in [0, 0.1) is 13.8 Å². The van der Waals surface area contributed by atoms with Crippen molar-refractivity contribution in [3.05, 3.63) is 76.8 Å². The second kappa shape index (κ2) is 8.94. The number of nitrogens with zero attached hydrogens (tertiary/aromatic N) is 2. The Hall–Kier alpha value is -2.78. The third-order valence-electron chi connectivity index (χ3n) is 4.65. The lowest BCUT2D eigenvalue weighted by Crippen LogP contribution is -2.14. The normalized spacial score (nSPS) is 11.0. The standard InChI is InChI=1S/C24H25ClN2O/c1-5-27(4)16-26-23-14-18(3)24(15-17(23)2)28-22-12-8-20(9-13-22)19-6-10-21(25)11-7-19/h6-16H,5H2,1-4H3/b26-16-. The quantitative estimate of drug-likeness (QED) is 0.332. The molecule has 28 heavy (non-hydrogen) atoms. The van der Waals surface area contributed by atoms with E-state index in [-0.39, 0.29) is 0 Å². The molecule has 3 aromatic carbocycles. The van der Waals surface area contributed by atoms with Gasteiger partial charge in [-0.05, 0) is 79.4 Å². The summed E-state index contributed by atoms with van der Waals surface area (Å²) >= 11 is 5.96. The van der Waals surface area contributed by atoms with Gasteiger partial charge in [-0.3, -0.25) is 0 Å². The lowest BCUT2D eigenvalue weighted by atomic mass is 10.1. The first-order chi connectivity index (χ1) is 13.5. The van der Waals surface area contributed by atoms with Crippen molar-refractivity contribution < 1.29 is 4.74 Å². The maximum absolute atomic E-state index is 6.12. The van der Waals surface area contributed by atoms with Gasteiger partial charge < -0.3 is 9.64 Å². The van der Waals surface area contributed by atoms with E-state index in [4.69, 9.17) is 16.3 Å². The van der Waals surface area contributed by atoms with Crippen LogP contribution in [0.1, 0.15) is 18.1 Å². The van der Waals surface area contributed by atoms with Crippen molar-refractivity contribution in [2.45, 2.75) is 20.8 Å². The van der Waals surface area contributed by atoms with Crippen LogP contribution in [0.3, 0.4) is 0 Å². The van der Waals surface area contributed by atoms with Crippen molar-refractivity contribution in [2.75, 3.05) is 13.6 Å². The molecule has 0 fully saturated rings. The van der Waals surface area contributed by atoms with Crippen LogP contribution >= 0.6 is 11.6 Å². The maximum Gasteiger partial charge on any atom is 0.130 e. The molecular weight excluding hydrogens is 368 g/mol. The number of benzene rings is 3. The van der Waals surface area contributed by atoms with Crippen LogP contribution < -0.4 is 4.74 Å². The lowest BCUT2D eigenvalue weighted by Gasteiger charge is -2.13. The molecular formula is C24H25ClN2O. The molecule has 0 amide bonds. The minimum Gasteiger partial charge on any atom is -0.457 e. The van der Waals surface area contributed by atoms with Gasteiger partial charge in [0.15, 0.2) is 0 Å². The van der Waals surface area contributed by atoms with Gasteiger partial charge in [0, 0.05) is 18.6 Å². The first kappa shape index (κ1) is 20.0. The molecule has 3 rings (SSSR count). The summed E-state index contributed by atoms with van der Waals surface area (Å²) in [5, 5.41) is 0.740. The monoisotopic (exact) mass is 392 g/mol. The predicted molar refractivity (Wildman–Crippen MR) is 119 cm³/mol. The highest BCUT2D eigenvalue weighted by atomic mass is 35.5. The average molecular weight is 393 g/mol. The van der Waals surface area contributed by atoms with Gasteiger partial charge >= 0.3 is 0 Å². The Balaban J connectivity index is 1.77. The van der Waals surface area contributed by atoms with Crippen molar-refractivity contribution >= 4 is 23.6 Å². The Kier molecular flexibility index (Phi) is 6.37. The number of aryl methyl sites for hydroxylation is 2. The number of aliphatic imine (C=N–C) groups is 1. The molecule has 0 aliphatic rings. The number of halogens is 1. The molecule has 4 heteroatoms. The molecule has 0 unspecified atom stereocenters. The van der Waals surface area contributed by atoms with Crippen molar-refractivity contribution in [1.82, 2.24) is 4.90 Å². The highest BCUT2D eigenvalue weighted by Crippen LogP contribution is 2.32. The summed E-state index contributed by atoms with van der Waals surface area (Å²) in [4.78, 5) is 6.62. The Morgan fingerprint density at radius 1 is 0.929 bits per heavy atom. The number of hydrogen-bond donors (Lipinski definition) is 0. The van der Waals surface area contributed by atoms with Gasteiger partial charge in [0.05, 0.1) is 12.0 Å². The summed E-state index contributed by atoms with van der Waals surface area (Å²) in [6, 6.07) is 20.0. The smallest absolute Gasteiger partial charge is 0.130 e. The zero-order chi connectivity index (χ0) is 20.1. The molecule has 0 aromatic heterocycles. The largest absolute Gasteiger partial charge is 0.457 e. The number of rotatable bonds is 6. The fraction of sp³-hybridized carbons (Fsp3) is 0.208. The van der Waals surface area contributed by atoms with Gasteiger partial charge in [-0.2, -0.15) is 0 Å². The van der Waals surface area contributed by atoms with E-state index in [1.165, 1.54) is 0 Å². The molecule has 3 nitrogen and oxygen atoms in total. The van der Waals surface area contributed by atoms with Crippen LogP contribution in [0.2, 0.25) is 5.02 Å². The van der Waals surface area contributed by atoms with Crippen molar-refractivity contribution in [3.63, 3.8) is 0 Å². The fourth-order valence-electron chi connectivity index (χ4n) is 2.75. The van der Waals surface area contributed by atoms with Gasteiger partial charge in [0.1, 0.15) is 11.5 Å². The van der Waals surface area contributed by atoms with Gasteiger partial charge in [0.2, 0.25) is 0 Å². The summed E-state index contributed by atoms with van der Waals surface area (Å²) in [7, 11) is 2.01. The molecule has 3 aromatic rings. The van der Waals surface area contributed by atoms with Crippen LogP contribution in [0.25, 0.3) is 11.1 Å². The highest BCUT2D eigenvalue weighted by Gasteiger charge is 2.07. The third kappa shape index (κ3) is 4.93. The summed E-state index contributed by atoms with van der Waals surface area (Å²) in [5.74, 6) is 1.65. The van der Waals surface area contributed by atoms with E-state index < -0.39 is 0 Å². The van der Waals surface area contributed by atoms with E-state index in [1.54, 1.807) is 0 Å². The van der Waals surface area contributed by atoms with Gasteiger partial charge in [-0.25, -0.2) is 4.99 Å². The van der Waals surface area contributed by atoms with E-state index in [1.807, 2.05) is 67.7 Å². The van der Waals surface area contributed by atoms with Crippen LogP contribution in [0.5, 0.6) is 11.5 Å². The third-order valence-corrected chi connectivity index (χ3v) is 4.90. The Labute approximate surface area is 172 Å². The molecule has 0 spiro atoms. The molecule has 144 valence electrons. The molecule has 0 heterocycles. The van der Waals surface area contributed by atoms with Crippen LogP contribution in [0.4, 0.5) is 5.69 Å². The van der Waals surface area contributed by atoms with E-state index in [2.05, 4.69) is 37.0 Å². The van der Waals surface area contributed by atoms with Gasteiger partial charge in [-0.15, -0.1) is 0 Å². The first-order valence-corrected chi connectivity index (χ1v) is 9.73. The summed E-state index contributed by atoms with van der Waals surface area (Å²) in [6.07, 6.45) is 1.86. The zero-order valence-corrected chi connectivity index (χ0v) is 17.5. The zero-order valence-electron chi connectivity index (χ0n) is 16.7. The van der Waals surface area contributed by atoms with Crippen LogP contribution in [0.15, 0.2) is 65.7 Å². The summed E-state index contributed by atoms with van der Waals surface area (Å²) in [5.41, 5.74) is 5.35. The molecule has 0 N–H and O–H groups in total. The number of ether oxygens (including phenoxy) is 1.